The standard InChI is InChI=1S/C15H20N6OS/c1-2-8-21-14(17-18-19-21)11-23-10-5-9-20-13-7-4-3-6-12(13)16-15(20)22/h3-4,6-7H,2,5,8-11H2,1H3,(H,16,22). The van der Waals surface area contributed by atoms with Crippen LogP contribution in [0.1, 0.15) is 25.6 Å². The van der Waals surface area contributed by atoms with E-state index in [4.69, 9.17) is 0 Å². The van der Waals surface area contributed by atoms with Crippen molar-refractivity contribution < 1.29 is 0 Å². The number of H-pyrrole nitrogens is 1. The number of hydrogen-bond acceptors (Lipinski definition) is 5. The van der Waals surface area contributed by atoms with Gasteiger partial charge in [-0.15, -0.1) is 5.10 Å². The molecule has 0 amide bonds. The molecule has 1 N–H and O–H groups in total. The number of aromatic nitrogens is 6. The Labute approximate surface area is 138 Å². The molecule has 0 saturated carbocycles. The summed E-state index contributed by atoms with van der Waals surface area (Å²) in [4.78, 5) is 14.9. The van der Waals surface area contributed by atoms with Crippen molar-refractivity contribution >= 4 is 22.8 Å². The first kappa shape index (κ1) is 15.8. The molecule has 2 heterocycles. The number of rotatable bonds is 8. The third-order valence-corrected chi connectivity index (χ3v) is 4.66. The molecule has 0 aliphatic rings. The van der Waals surface area contributed by atoms with E-state index < -0.39 is 0 Å². The first-order valence-electron chi connectivity index (χ1n) is 7.80. The topological polar surface area (TPSA) is 81.4 Å². The molecule has 0 bridgehead atoms. The maximum atomic E-state index is 12.0. The summed E-state index contributed by atoms with van der Waals surface area (Å²) in [5.74, 6) is 2.68. The van der Waals surface area contributed by atoms with E-state index in [1.165, 1.54) is 0 Å². The fourth-order valence-electron chi connectivity index (χ4n) is 2.53. The molecule has 0 saturated heterocycles. The van der Waals surface area contributed by atoms with Crippen molar-refractivity contribution in [3.63, 3.8) is 0 Å². The number of hydrogen-bond donors (Lipinski definition) is 1. The number of thioether (sulfide) groups is 1. The summed E-state index contributed by atoms with van der Waals surface area (Å²) >= 11 is 1.80. The van der Waals surface area contributed by atoms with Crippen molar-refractivity contribution in [3.05, 3.63) is 40.6 Å². The van der Waals surface area contributed by atoms with Crippen molar-refractivity contribution in [3.8, 4) is 0 Å². The molecule has 7 nitrogen and oxygen atoms in total. The van der Waals surface area contributed by atoms with Gasteiger partial charge in [0.15, 0.2) is 5.82 Å². The molecule has 2 aromatic heterocycles. The number of benzene rings is 1. The van der Waals surface area contributed by atoms with E-state index in [1.54, 1.807) is 16.3 Å². The number of aryl methyl sites for hydroxylation is 2. The van der Waals surface area contributed by atoms with Gasteiger partial charge in [-0.25, -0.2) is 9.48 Å². The Morgan fingerprint density at radius 3 is 3.00 bits per heavy atom. The highest BCUT2D eigenvalue weighted by atomic mass is 32.2. The molecule has 0 aliphatic carbocycles. The zero-order chi connectivity index (χ0) is 16.1. The third-order valence-electron chi connectivity index (χ3n) is 3.62. The molecule has 0 fully saturated rings. The first-order chi connectivity index (χ1) is 11.3. The number of nitrogens with one attached hydrogen (secondary N) is 1. The summed E-state index contributed by atoms with van der Waals surface area (Å²) in [5.41, 5.74) is 1.82. The highest BCUT2D eigenvalue weighted by Crippen LogP contribution is 2.13. The van der Waals surface area contributed by atoms with Gasteiger partial charge < -0.3 is 4.98 Å². The quantitative estimate of drug-likeness (QED) is 0.639. The van der Waals surface area contributed by atoms with Crippen LogP contribution in [0.4, 0.5) is 0 Å². The number of tetrazole rings is 1. The maximum absolute atomic E-state index is 12.0. The smallest absolute Gasteiger partial charge is 0.306 e. The Bertz CT molecular complexity index is 821. The molecule has 23 heavy (non-hydrogen) atoms. The Balaban J connectivity index is 1.51. The molecule has 3 rings (SSSR count). The summed E-state index contributed by atoms with van der Waals surface area (Å²) in [6, 6.07) is 7.78. The van der Waals surface area contributed by atoms with Crippen molar-refractivity contribution in [2.75, 3.05) is 5.75 Å². The minimum atomic E-state index is -0.0388. The van der Waals surface area contributed by atoms with E-state index in [2.05, 4.69) is 27.4 Å². The SMILES string of the molecule is CCCn1nnnc1CSCCCn1c(=O)[nH]c2ccccc21. The summed E-state index contributed by atoms with van der Waals surface area (Å²) in [5, 5.41) is 11.8. The lowest BCUT2D eigenvalue weighted by Gasteiger charge is -2.04. The average Bonchev–Trinajstić information content (AvgIpc) is 3.12. The highest BCUT2D eigenvalue weighted by molar-refractivity contribution is 7.98. The van der Waals surface area contributed by atoms with Gasteiger partial charge in [0.1, 0.15) is 0 Å². The lowest BCUT2D eigenvalue weighted by molar-refractivity contribution is 0.564. The molecule has 122 valence electrons. The van der Waals surface area contributed by atoms with Crippen molar-refractivity contribution in [2.45, 2.75) is 38.6 Å². The van der Waals surface area contributed by atoms with Crippen LogP contribution in [-0.2, 0) is 18.8 Å². The van der Waals surface area contributed by atoms with Crippen molar-refractivity contribution in [1.29, 1.82) is 0 Å². The zero-order valence-electron chi connectivity index (χ0n) is 13.1. The molecule has 0 unspecified atom stereocenters. The van der Waals surface area contributed by atoms with Crippen LogP contribution in [0.5, 0.6) is 0 Å². The molecular weight excluding hydrogens is 312 g/mol. The van der Waals surface area contributed by atoms with Gasteiger partial charge in [0.25, 0.3) is 0 Å². The summed E-state index contributed by atoms with van der Waals surface area (Å²) < 4.78 is 3.66. The van der Waals surface area contributed by atoms with Gasteiger partial charge in [0.2, 0.25) is 0 Å². The predicted octanol–water partition coefficient (Wildman–Crippen LogP) is 2.05. The van der Waals surface area contributed by atoms with E-state index >= 15 is 0 Å². The maximum Gasteiger partial charge on any atom is 0.326 e. The van der Waals surface area contributed by atoms with Gasteiger partial charge in [0.05, 0.1) is 16.8 Å². The third kappa shape index (κ3) is 3.64. The number of fused-ring (bicyclic) bond motifs is 1. The second-order valence-electron chi connectivity index (χ2n) is 5.32. The molecule has 0 spiro atoms. The van der Waals surface area contributed by atoms with Crippen molar-refractivity contribution in [2.24, 2.45) is 0 Å². The van der Waals surface area contributed by atoms with Gasteiger partial charge in [0, 0.05) is 13.1 Å². The monoisotopic (exact) mass is 332 g/mol. The average molecular weight is 332 g/mol. The van der Waals surface area contributed by atoms with E-state index in [0.717, 1.165) is 54.3 Å². The molecule has 0 aliphatic heterocycles. The second-order valence-corrected chi connectivity index (χ2v) is 6.43. The lowest BCUT2D eigenvalue weighted by atomic mass is 10.3. The van der Waals surface area contributed by atoms with Gasteiger partial charge in [-0.3, -0.25) is 4.57 Å². The minimum absolute atomic E-state index is 0.0388. The summed E-state index contributed by atoms with van der Waals surface area (Å²) in [7, 11) is 0. The van der Waals surface area contributed by atoms with Crippen LogP contribution in [-0.4, -0.2) is 35.5 Å². The fourth-order valence-corrected chi connectivity index (χ4v) is 3.40. The van der Waals surface area contributed by atoms with Crippen LogP contribution < -0.4 is 5.69 Å². The largest absolute Gasteiger partial charge is 0.326 e. The lowest BCUT2D eigenvalue weighted by Crippen LogP contribution is -2.17. The number of imidazole rings is 1. The number of para-hydroxylation sites is 2. The summed E-state index contributed by atoms with van der Waals surface area (Å²) in [6.07, 6.45) is 1.95. The van der Waals surface area contributed by atoms with E-state index in [1.807, 2.05) is 28.9 Å². The molecule has 0 radical (unpaired) electrons. The predicted molar refractivity (Wildman–Crippen MR) is 91.4 cm³/mol. The van der Waals surface area contributed by atoms with Crippen LogP contribution in [0.3, 0.4) is 0 Å². The molecule has 1 aromatic carbocycles. The van der Waals surface area contributed by atoms with Gasteiger partial charge in [-0.1, -0.05) is 19.1 Å². The van der Waals surface area contributed by atoms with Crippen LogP contribution in [0, 0.1) is 0 Å². The number of aromatic amines is 1. The Morgan fingerprint density at radius 2 is 2.13 bits per heavy atom. The van der Waals surface area contributed by atoms with Gasteiger partial charge in [-0.05, 0) is 41.2 Å². The van der Waals surface area contributed by atoms with Crippen LogP contribution >= 0.6 is 11.8 Å². The Kier molecular flexibility index (Phi) is 5.12. The Hall–Kier alpha value is -2.09. The van der Waals surface area contributed by atoms with Crippen LogP contribution in [0.25, 0.3) is 11.0 Å². The van der Waals surface area contributed by atoms with Gasteiger partial charge >= 0.3 is 5.69 Å². The molecule has 8 heteroatoms. The highest BCUT2D eigenvalue weighted by Gasteiger charge is 2.07. The van der Waals surface area contributed by atoms with Crippen LogP contribution in [0.15, 0.2) is 29.1 Å². The van der Waals surface area contributed by atoms with E-state index in [9.17, 15) is 4.79 Å². The molecule has 0 atom stereocenters. The van der Waals surface area contributed by atoms with E-state index in [-0.39, 0.29) is 5.69 Å². The second kappa shape index (κ2) is 7.45. The van der Waals surface area contributed by atoms with E-state index in [0.29, 0.717) is 0 Å². The normalized spacial score (nSPS) is 11.3. The Morgan fingerprint density at radius 1 is 1.26 bits per heavy atom. The zero-order valence-corrected chi connectivity index (χ0v) is 13.9. The van der Waals surface area contributed by atoms with Gasteiger partial charge in [-0.2, -0.15) is 11.8 Å². The first-order valence-corrected chi connectivity index (χ1v) is 8.95. The number of nitrogens with zero attached hydrogens (tertiary/aromatic N) is 5. The minimum Gasteiger partial charge on any atom is -0.306 e. The fraction of sp³-hybridized carbons (Fsp3) is 0.467. The van der Waals surface area contributed by atoms with Crippen molar-refractivity contribution in [1.82, 2.24) is 29.8 Å². The summed E-state index contributed by atoms with van der Waals surface area (Å²) in [6.45, 7) is 3.68. The van der Waals surface area contributed by atoms with Crippen LogP contribution in [0.2, 0.25) is 0 Å². The molecular formula is C15H20N6OS. The molecule has 3 aromatic rings.